The lowest BCUT2D eigenvalue weighted by Crippen LogP contribution is -2.13. The van der Waals surface area contributed by atoms with Gasteiger partial charge in [-0.25, -0.2) is 0 Å². The molecule has 0 aliphatic carbocycles. The second-order valence-corrected chi connectivity index (χ2v) is 17.0. The van der Waals surface area contributed by atoms with E-state index in [1.807, 2.05) is 0 Å². The number of ether oxygens (including phenoxy) is 1. The summed E-state index contributed by atoms with van der Waals surface area (Å²) in [6, 6.07) is 0. The van der Waals surface area contributed by atoms with E-state index in [0.29, 0.717) is 13.0 Å². The Kier molecular flexibility index (Phi) is 50.9. The summed E-state index contributed by atoms with van der Waals surface area (Å²) >= 11 is 0. The molecule has 4 nitrogen and oxygen atoms in total. The van der Waals surface area contributed by atoms with Crippen molar-refractivity contribution in [3.63, 3.8) is 0 Å². The largest absolute Gasteiger partial charge is 0.481 e. The molecule has 0 saturated heterocycles. The van der Waals surface area contributed by atoms with Gasteiger partial charge in [0.2, 0.25) is 0 Å². The van der Waals surface area contributed by atoms with E-state index < -0.39 is 5.97 Å². The molecule has 1 unspecified atom stereocenters. The standard InChI is InChI=1S/C26H52O2.C24H48O2/c1-3-5-7-9-10-11-12-13-14-15-16-17-18-19-20-22-24-25(26(27)28)23-21-8-6-4-2;1-3-5-7-9-11-12-13-14-15-17-19-21-23-26-24(25)22-20-18-16-10-8-6-4-2/h25H,3-24H2,1-2H3,(H,27,28);3-23H2,1-2H3. The number of carbonyl (C=O) groups excluding carboxylic acids is 1. The number of hydrogen-bond donors (Lipinski definition) is 1. The minimum absolute atomic E-state index is 0.0154. The van der Waals surface area contributed by atoms with E-state index in [0.717, 1.165) is 38.5 Å². The number of carboxylic acids is 1. The summed E-state index contributed by atoms with van der Waals surface area (Å²) in [6.07, 6.45) is 54.0. The van der Waals surface area contributed by atoms with E-state index in [4.69, 9.17) is 4.74 Å². The molecule has 0 rings (SSSR count). The average molecular weight is 765 g/mol. The van der Waals surface area contributed by atoms with Gasteiger partial charge in [0.05, 0.1) is 12.5 Å². The number of carbonyl (C=O) groups is 2. The fourth-order valence-corrected chi connectivity index (χ4v) is 7.58. The molecule has 0 saturated carbocycles. The van der Waals surface area contributed by atoms with E-state index in [1.54, 1.807) is 0 Å². The molecule has 0 bridgehead atoms. The number of rotatable bonds is 44. The molecule has 0 aromatic rings. The maximum atomic E-state index is 11.7. The normalized spacial score (nSPS) is 11.7. The van der Waals surface area contributed by atoms with E-state index in [1.165, 1.54) is 225 Å². The van der Waals surface area contributed by atoms with Crippen molar-refractivity contribution in [2.24, 2.45) is 5.92 Å². The third-order valence-corrected chi connectivity index (χ3v) is 11.4. The van der Waals surface area contributed by atoms with Gasteiger partial charge >= 0.3 is 11.9 Å². The first kappa shape index (κ1) is 55.0. The number of hydrogen-bond acceptors (Lipinski definition) is 3. The topological polar surface area (TPSA) is 63.6 Å². The van der Waals surface area contributed by atoms with Crippen LogP contribution in [0.1, 0.15) is 297 Å². The van der Waals surface area contributed by atoms with Crippen LogP contribution in [0.25, 0.3) is 0 Å². The van der Waals surface area contributed by atoms with Gasteiger partial charge in [-0.2, -0.15) is 0 Å². The van der Waals surface area contributed by atoms with Gasteiger partial charge in [-0.3, -0.25) is 9.59 Å². The molecule has 0 fully saturated rings. The molecule has 0 heterocycles. The fraction of sp³-hybridized carbons (Fsp3) is 0.960. The molecule has 0 aliphatic rings. The van der Waals surface area contributed by atoms with Crippen molar-refractivity contribution >= 4 is 11.9 Å². The molecule has 54 heavy (non-hydrogen) atoms. The van der Waals surface area contributed by atoms with Gasteiger partial charge in [0.25, 0.3) is 0 Å². The number of aliphatic carboxylic acids is 1. The lowest BCUT2D eigenvalue weighted by Gasteiger charge is -2.12. The lowest BCUT2D eigenvalue weighted by molar-refractivity contribution is -0.144. The molecular weight excluding hydrogens is 665 g/mol. The number of unbranched alkanes of at least 4 members (excludes halogenated alkanes) is 35. The number of esters is 1. The van der Waals surface area contributed by atoms with Crippen molar-refractivity contribution in [3.05, 3.63) is 0 Å². The predicted molar refractivity (Wildman–Crippen MR) is 239 cm³/mol. The summed E-state index contributed by atoms with van der Waals surface area (Å²) in [4.78, 5) is 23.0. The molecule has 0 aromatic heterocycles. The molecule has 4 heteroatoms. The van der Waals surface area contributed by atoms with Crippen molar-refractivity contribution in [1.29, 1.82) is 0 Å². The monoisotopic (exact) mass is 765 g/mol. The molecule has 0 aromatic carbocycles. The van der Waals surface area contributed by atoms with Gasteiger partial charge in [-0.1, -0.05) is 265 Å². The molecule has 0 aliphatic heterocycles. The lowest BCUT2D eigenvalue weighted by atomic mass is 9.94. The van der Waals surface area contributed by atoms with E-state index in [2.05, 4.69) is 27.7 Å². The van der Waals surface area contributed by atoms with Gasteiger partial charge in [-0.05, 0) is 25.7 Å². The quantitative estimate of drug-likeness (QED) is 0.0496. The van der Waals surface area contributed by atoms with Crippen LogP contribution in [0.15, 0.2) is 0 Å². The van der Waals surface area contributed by atoms with Crippen LogP contribution >= 0.6 is 0 Å². The SMILES string of the molecule is CCCCCCCCCCCCCCCCCCC(CCCCCC)C(=O)O.CCCCCCCCCCCCCCOC(=O)CCCCCCCCC. The van der Waals surface area contributed by atoms with Crippen LogP contribution in [0.4, 0.5) is 0 Å². The van der Waals surface area contributed by atoms with Crippen LogP contribution < -0.4 is 0 Å². The van der Waals surface area contributed by atoms with Crippen molar-refractivity contribution in [2.75, 3.05) is 6.61 Å². The fourth-order valence-electron chi connectivity index (χ4n) is 7.58. The zero-order valence-electron chi connectivity index (χ0n) is 37.7. The van der Waals surface area contributed by atoms with Crippen LogP contribution in [0.2, 0.25) is 0 Å². The molecule has 1 N–H and O–H groups in total. The van der Waals surface area contributed by atoms with Crippen molar-refractivity contribution in [1.82, 2.24) is 0 Å². The van der Waals surface area contributed by atoms with Crippen LogP contribution in [-0.4, -0.2) is 23.7 Å². The van der Waals surface area contributed by atoms with Gasteiger partial charge < -0.3 is 9.84 Å². The summed E-state index contributed by atoms with van der Waals surface area (Å²) in [7, 11) is 0. The molecular formula is C50H100O4. The Morgan fingerprint density at radius 2 is 0.593 bits per heavy atom. The van der Waals surface area contributed by atoms with E-state index in [9.17, 15) is 14.7 Å². The van der Waals surface area contributed by atoms with E-state index in [-0.39, 0.29) is 11.9 Å². The average Bonchev–Trinajstić information content (AvgIpc) is 3.17. The van der Waals surface area contributed by atoms with Crippen molar-refractivity contribution < 1.29 is 19.4 Å². The second kappa shape index (κ2) is 50.0. The highest BCUT2D eigenvalue weighted by molar-refractivity contribution is 5.70. The minimum Gasteiger partial charge on any atom is -0.481 e. The summed E-state index contributed by atoms with van der Waals surface area (Å²) in [6.45, 7) is 9.63. The van der Waals surface area contributed by atoms with Crippen molar-refractivity contribution in [2.45, 2.75) is 297 Å². The van der Waals surface area contributed by atoms with E-state index >= 15 is 0 Å². The van der Waals surface area contributed by atoms with Crippen LogP contribution in [-0.2, 0) is 14.3 Å². The zero-order valence-corrected chi connectivity index (χ0v) is 37.7. The van der Waals surface area contributed by atoms with Crippen molar-refractivity contribution in [3.8, 4) is 0 Å². The molecule has 1 atom stereocenters. The minimum atomic E-state index is -0.572. The summed E-state index contributed by atoms with van der Waals surface area (Å²) in [5.74, 6) is -0.650. The van der Waals surface area contributed by atoms with Gasteiger partial charge in [0.15, 0.2) is 0 Å². The maximum absolute atomic E-state index is 11.7. The Morgan fingerprint density at radius 3 is 0.889 bits per heavy atom. The summed E-state index contributed by atoms with van der Waals surface area (Å²) < 4.78 is 5.34. The van der Waals surface area contributed by atoms with Gasteiger partial charge in [0.1, 0.15) is 0 Å². The smallest absolute Gasteiger partial charge is 0.306 e. The third-order valence-electron chi connectivity index (χ3n) is 11.4. The Bertz CT molecular complexity index is 707. The first-order valence-corrected chi connectivity index (χ1v) is 24.9. The molecule has 0 spiro atoms. The van der Waals surface area contributed by atoms with Crippen LogP contribution in [0.3, 0.4) is 0 Å². The third kappa shape index (κ3) is 49.0. The zero-order chi connectivity index (χ0) is 39.8. The second-order valence-electron chi connectivity index (χ2n) is 17.0. The van der Waals surface area contributed by atoms with Crippen LogP contribution in [0, 0.1) is 5.92 Å². The molecule has 0 amide bonds. The predicted octanol–water partition coefficient (Wildman–Crippen LogP) is 17.7. The molecule has 0 radical (unpaired) electrons. The van der Waals surface area contributed by atoms with Crippen LogP contribution in [0.5, 0.6) is 0 Å². The van der Waals surface area contributed by atoms with Gasteiger partial charge in [-0.15, -0.1) is 0 Å². The Balaban J connectivity index is 0. The Hall–Kier alpha value is -1.06. The first-order chi connectivity index (χ1) is 26.5. The highest BCUT2D eigenvalue weighted by atomic mass is 16.5. The first-order valence-electron chi connectivity index (χ1n) is 24.9. The Labute approximate surface area is 340 Å². The number of carboxylic acid groups (broad SMARTS) is 1. The summed E-state index contributed by atoms with van der Waals surface area (Å²) in [5, 5.41) is 9.36. The molecule has 324 valence electrons. The highest BCUT2D eigenvalue weighted by Gasteiger charge is 2.16. The van der Waals surface area contributed by atoms with Gasteiger partial charge in [0, 0.05) is 6.42 Å². The highest BCUT2D eigenvalue weighted by Crippen LogP contribution is 2.20. The maximum Gasteiger partial charge on any atom is 0.306 e. The summed E-state index contributed by atoms with van der Waals surface area (Å²) in [5.41, 5.74) is 0. The Morgan fingerprint density at radius 1 is 0.352 bits per heavy atom.